The van der Waals surface area contributed by atoms with Crippen LogP contribution in [0.1, 0.15) is 0 Å². The van der Waals surface area contributed by atoms with Crippen LogP contribution in [0.2, 0.25) is 0 Å². The van der Waals surface area contributed by atoms with Gasteiger partial charge in [0.25, 0.3) is 0 Å². The van der Waals surface area contributed by atoms with Crippen LogP contribution in [0.15, 0.2) is 0 Å². The Bertz CT molecular complexity index is 7.22. The van der Waals surface area contributed by atoms with Crippen LogP contribution in [0.3, 0.4) is 0 Å². The number of rotatable bonds is 0. The van der Waals surface area contributed by atoms with Crippen LogP contribution in [-0.2, 0) is 0 Å². The fourth-order valence-corrected chi connectivity index (χ4v) is 0. The van der Waals surface area contributed by atoms with Gasteiger partial charge in [0.15, 0.2) is 0 Å². The second-order valence-electron chi connectivity index (χ2n) is 0. The zero-order chi connectivity index (χ0) is 0. The third kappa shape index (κ3) is 258. The van der Waals surface area contributed by atoms with Crippen molar-refractivity contribution in [3.63, 3.8) is 0 Å². The summed E-state index contributed by atoms with van der Waals surface area (Å²) < 4.78 is 0. The van der Waals surface area contributed by atoms with Crippen molar-refractivity contribution in [3.05, 3.63) is 0 Å². The summed E-state index contributed by atoms with van der Waals surface area (Å²) in [7, 11) is 0. The summed E-state index contributed by atoms with van der Waals surface area (Å²) in [6.07, 6.45) is 0. The molecule has 0 aliphatic rings. The average molecular weight is 190 g/mol. The van der Waals surface area contributed by atoms with Crippen molar-refractivity contribution in [2.24, 2.45) is 0 Å². The molecule has 0 fully saturated rings. The van der Waals surface area contributed by atoms with Crippen LogP contribution >= 0.6 is 0 Å². The van der Waals surface area contributed by atoms with Crippen LogP contribution < -0.4 is 0 Å². The van der Waals surface area contributed by atoms with Crippen molar-refractivity contribution in [2.45, 2.75) is 0 Å². The van der Waals surface area contributed by atoms with Gasteiger partial charge >= 0.3 is 0 Å². The van der Waals surface area contributed by atoms with Crippen LogP contribution in [-0.4, -0.2) is 103 Å². The number of hydrogen-bond acceptors (Lipinski definition) is 0. The van der Waals surface area contributed by atoms with E-state index in [0.717, 1.165) is 0 Å². The molecule has 0 bridgehead atoms. The summed E-state index contributed by atoms with van der Waals surface area (Å²) in [5.41, 5.74) is 0. The molecule has 0 amide bonds. The number of hydrogen-bond donors (Lipinski definition) is 0. The molecule has 0 aromatic heterocycles. The largest absolute Gasteiger partial charge is 0.412 e. The summed E-state index contributed by atoms with van der Waals surface area (Å²) in [4.78, 5) is 0. The topological polar surface area (TPSA) is 252 Å². The molecule has 0 heterocycles. The first kappa shape index (κ1) is 472. The molecule has 0 aromatic carbocycles. The Morgan fingerprint density at radius 2 is 0.200 bits per heavy atom. The summed E-state index contributed by atoms with van der Waals surface area (Å²) in [5.74, 6) is 0. The third-order valence-corrected chi connectivity index (χ3v) is 0. The molecule has 0 spiro atoms. The predicted molar refractivity (Wildman–Crippen MR) is 40.4 cm³/mol. The molecule has 0 unspecified atom stereocenters. The van der Waals surface area contributed by atoms with Gasteiger partial charge in [0, 0.05) is 59.1 Å². The summed E-state index contributed by atoms with van der Waals surface area (Å²) >= 11 is 0. The van der Waals surface area contributed by atoms with Gasteiger partial charge in [-0.3, -0.25) is 0 Å². The zero-order valence-electron chi connectivity index (χ0n) is 6.00. The van der Waals surface area contributed by atoms with Crippen LogP contribution in [0.4, 0.5) is 0 Å². The molecule has 0 aliphatic heterocycles. The van der Waals surface area contributed by atoms with E-state index < -0.39 is 0 Å². The van der Waals surface area contributed by atoms with Gasteiger partial charge in [-0.2, -0.15) is 0 Å². The van der Waals surface area contributed by atoms with Gasteiger partial charge in [0.1, 0.15) is 0 Å². The van der Waals surface area contributed by atoms with Crippen LogP contribution in [0.5, 0.6) is 0 Å². The molecule has 0 saturated carbocycles. The Morgan fingerprint density at radius 1 is 0.200 bits per heavy atom. The zero-order valence-corrected chi connectivity index (χ0v) is 10.0. The molecule has 0 atom stereocenters. The predicted octanol–water partition coefficient (Wildman–Crippen LogP) is -7.36. The Morgan fingerprint density at radius 3 is 0.200 bits per heavy atom. The van der Waals surface area contributed by atoms with E-state index in [4.69, 9.17) is 0 Å². The van der Waals surface area contributed by atoms with Crippen LogP contribution in [0, 0.1) is 0 Å². The average Bonchev–Trinajstić information content (AvgIpc) is 0. The molecule has 0 rings (SSSR count). The second-order valence-corrected chi connectivity index (χ2v) is 0. The van der Waals surface area contributed by atoms with E-state index in [9.17, 15) is 0 Å². The smallest absolute Gasteiger partial charge is 0 e. The maximum Gasteiger partial charge on any atom is 0 e. The molecule has 16 N–H and O–H groups in total. The van der Waals surface area contributed by atoms with Crippen molar-refractivity contribution in [2.75, 3.05) is 0 Å². The summed E-state index contributed by atoms with van der Waals surface area (Å²) in [5, 5.41) is 0. The first-order valence-corrected chi connectivity index (χ1v) is 0. The Balaban J connectivity index is 0. The maximum atomic E-state index is 0. The second kappa shape index (κ2) is 355. The Labute approximate surface area is 102 Å². The normalized spacial score (nSPS) is 0. The molecular formula is H16Na2O8. The quantitative estimate of drug-likeness (QED) is 0.322. The fraction of sp³-hybridized carbons (Fsp3) is 0. The van der Waals surface area contributed by atoms with E-state index >= 15 is 0 Å². The molecule has 2 radical (unpaired) electrons. The van der Waals surface area contributed by atoms with Gasteiger partial charge in [0.05, 0.1) is 0 Å². The molecule has 0 aromatic rings. The van der Waals surface area contributed by atoms with E-state index in [1.165, 1.54) is 0 Å². The minimum Gasteiger partial charge on any atom is -0.412 e. The van der Waals surface area contributed by atoms with Crippen LogP contribution in [0.25, 0.3) is 0 Å². The van der Waals surface area contributed by atoms with E-state index in [1.807, 2.05) is 0 Å². The first-order chi connectivity index (χ1) is 0. The van der Waals surface area contributed by atoms with E-state index in [-0.39, 0.29) is 103 Å². The Hall–Kier alpha value is 1.68. The van der Waals surface area contributed by atoms with E-state index in [2.05, 4.69) is 0 Å². The van der Waals surface area contributed by atoms with E-state index in [1.54, 1.807) is 0 Å². The molecule has 66 valence electrons. The third-order valence-electron chi connectivity index (χ3n) is 0. The Kier molecular flexibility index (Phi) is 16700. The maximum absolute atomic E-state index is 0. The monoisotopic (exact) mass is 190 g/mol. The molecule has 8 nitrogen and oxygen atoms in total. The van der Waals surface area contributed by atoms with Gasteiger partial charge in [-0.1, -0.05) is 0 Å². The van der Waals surface area contributed by atoms with E-state index in [0.29, 0.717) is 0 Å². The van der Waals surface area contributed by atoms with Gasteiger partial charge in [0.2, 0.25) is 0 Å². The van der Waals surface area contributed by atoms with Gasteiger partial charge in [-0.25, -0.2) is 0 Å². The molecular weight excluding hydrogens is 174 g/mol. The first-order valence-electron chi connectivity index (χ1n) is 0. The van der Waals surface area contributed by atoms with Crippen molar-refractivity contribution < 1.29 is 43.8 Å². The molecule has 10 heteroatoms. The van der Waals surface area contributed by atoms with Crippen molar-refractivity contribution in [1.29, 1.82) is 0 Å². The van der Waals surface area contributed by atoms with Gasteiger partial charge < -0.3 is 43.8 Å². The SMILES string of the molecule is O.O.O.O.O.O.O.O.[Na].[Na]. The van der Waals surface area contributed by atoms with Gasteiger partial charge in [-0.15, -0.1) is 0 Å². The van der Waals surface area contributed by atoms with Gasteiger partial charge in [-0.05, 0) is 0 Å². The van der Waals surface area contributed by atoms with Crippen molar-refractivity contribution in [1.82, 2.24) is 0 Å². The summed E-state index contributed by atoms with van der Waals surface area (Å²) in [6.45, 7) is 0. The molecule has 0 saturated heterocycles. The molecule has 0 aliphatic carbocycles. The minimum atomic E-state index is 0. The summed E-state index contributed by atoms with van der Waals surface area (Å²) in [6, 6.07) is 0. The minimum absolute atomic E-state index is 0. The standard InChI is InChI=1S/2Na.8H2O/h;;8*1H2. The fourth-order valence-electron chi connectivity index (χ4n) is 0. The van der Waals surface area contributed by atoms with Crippen molar-refractivity contribution in [3.8, 4) is 0 Å². The molecule has 10 heavy (non-hydrogen) atoms. The van der Waals surface area contributed by atoms with Crippen molar-refractivity contribution >= 4 is 59.1 Å².